The van der Waals surface area contributed by atoms with Gasteiger partial charge in [0.15, 0.2) is 0 Å². The number of amides is 1. The van der Waals surface area contributed by atoms with Crippen LogP contribution in [-0.4, -0.2) is 33.5 Å². The number of thiol groups is 1. The van der Waals surface area contributed by atoms with Gasteiger partial charge in [-0.15, -0.1) is 10.2 Å². The average Bonchev–Trinajstić information content (AvgIpc) is 3.33. The summed E-state index contributed by atoms with van der Waals surface area (Å²) in [5.74, 6) is 1.13. The Morgan fingerprint density at radius 1 is 0.923 bits per heavy atom. The lowest BCUT2D eigenvalue weighted by Gasteiger charge is -2.07. The van der Waals surface area contributed by atoms with Crippen LogP contribution in [-0.2, 0) is 30.6 Å². The van der Waals surface area contributed by atoms with Crippen LogP contribution in [0.3, 0.4) is 0 Å². The number of aromatic nitrogens is 3. The first-order valence-electron chi connectivity index (χ1n) is 13.8. The standard InChI is InChI=1S/C23H28N4O.C9H12.CH4S/c28-23(24-17-15-20-9-3-1-4-10-20)14-8-7-13-22-26-25-19-27(22)18-16-21-11-5-2-6-12-21;1-8-5-3-4-6-9(2)7-8;1-2/h1-6,9-12,19H,7-8,13-18H2,(H,24,28);3-5,7H,6H2,1-2H3;2H,1H3. The van der Waals surface area contributed by atoms with E-state index in [-0.39, 0.29) is 5.91 Å². The van der Waals surface area contributed by atoms with E-state index in [0.717, 1.165) is 50.9 Å². The van der Waals surface area contributed by atoms with E-state index in [4.69, 9.17) is 0 Å². The minimum absolute atomic E-state index is 0.126. The second-order valence-electron chi connectivity index (χ2n) is 9.50. The van der Waals surface area contributed by atoms with Crippen molar-refractivity contribution >= 4 is 18.5 Å². The molecule has 0 bridgehead atoms. The van der Waals surface area contributed by atoms with Gasteiger partial charge in [0.05, 0.1) is 0 Å². The number of allylic oxidation sites excluding steroid dienone is 6. The number of hydrogen-bond acceptors (Lipinski definition) is 4. The highest BCUT2D eigenvalue weighted by Crippen LogP contribution is 2.10. The molecule has 0 atom stereocenters. The van der Waals surface area contributed by atoms with Crippen molar-refractivity contribution < 1.29 is 4.79 Å². The fourth-order valence-electron chi connectivity index (χ4n) is 4.17. The van der Waals surface area contributed by atoms with Crippen LogP contribution in [0.1, 0.15) is 56.5 Å². The fourth-order valence-corrected chi connectivity index (χ4v) is 4.17. The molecule has 0 saturated heterocycles. The summed E-state index contributed by atoms with van der Waals surface area (Å²) in [5.41, 5.74) is 5.35. The number of carbonyl (C=O) groups excluding carboxylic acids is 1. The molecule has 39 heavy (non-hydrogen) atoms. The Labute approximate surface area is 240 Å². The predicted molar refractivity (Wildman–Crippen MR) is 167 cm³/mol. The molecule has 1 N–H and O–H groups in total. The molecule has 208 valence electrons. The van der Waals surface area contributed by atoms with E-state index < -0.39 is 0 Å². The lowest BCUT2D eigenvalue weighted by molar-refractivity contribution is -0.121. The van der Waals surface area contributed by atoms with Gasteiger partial charge in [-0.3, -0.25) is 4.79 Å². The summed E-state index contributed by atoms with van der Waals surface area (Å²) in [5, 5.41) is 11.3. The number of nitrogens with zero attached hydrogens (tertiary/aromatic N) is 3. The molecule has 6 heteroatoms. The maximum absolute atomic E-state index is 12.0. The summed E-state index contributed by atoms with van der Waals surface area (Å²) in [7, 11) is 0. The number of nitrogens with one attached hydrogen (secondary N) is 1. The lowest BCUT2D eigenvalue weighted by atomic mass is 10.1. The van der Waals surface area contributed by atoms with Crippen molar-refractivity contribution in [2.45, 2.75) is 65.3 Å². The molecular formula is C33H44N4OS. The largest absolute Gasteiger partial charge is 0.356 e. The summed E-state index contributed by atoms with van der Waals surface area (Å²) >= 11 is 3.53. The maximum atomic E-state index is 12.0. The van der Waals surface area contributed by atoms with E-state index in [9.17, 15) is 4.79 Å². The number of hydrogen-bond donors (Lipinski definition) is 2. The second-order valence-corrected chi connectivity index (χ2v) is 9.50. The molecule has 1 aliphatic rings. The molecule has 0 aliphatic heterocycles. The summed E-state index contributed by atoms with van der Waals surface area (Å²) < 4.78 is 2.12. The normalized spacial score (nSPS) is 12.1. The topological polar surface area (TPSA) is 59.8 Å². The van der Waals surface area contributed by atoms with Crippen LogP contribution in [0, 0.1) is 0 Å². The minimum atomic E-state index is 0.126. The van der Waals surface area contributed by atoms with Crippen LogP contribution in [0.2, 0.25) is 0 Å². The molecule has 1 aliphatic carbocycles. The van der Waals surface area contributed by atoms with Crippen molar-refractivity contribution in [1.29, 1.82) is 0 Å². The smallest absolute Gasteiger partial charge is 0.220 e. The van der Waals surface area contributed by atoms with Crippen LogP contribution >= 0.6 is 12.6 Å². The van der Waals surface area contributed by atoms with Crippen molar-refractivity contribution in [3.8, 4) is 0 Å². The molecule has 1 aromatic heterocycles. The van der Waals surface area contributed by atoms with E-state index in [0.29, 0.717) is 13.0 Å². The summed E-state index contributed by atoms with van der Waals surface area (Å²) in [6.07, 6.45) is 18.3. The molecular weight excluding hydrogens is 500 g/mol. The molecule has 1 amide bonds. The Bertz CT molecular complexity index is 1170. The molecule has 1 heterocycles. The van der Waals surface area contributed by atoms with Gasteiger partial charge in [0.1, 0.15) is 12.2 Å². The van der Waals surface area contributed by atoms with Gasteiger partial charge in [-0.2, -0.15) is 12.6 Å². The van der Waals surface area contributed by atoms with Crippen LogP contribution in [0.4, 0.5) is 0 Å². The number of unbranched alkanes of at least 4 members (excludes halogenated alkanes) is 1. The average molecular weight is 545 g/mol. The van der Waals surface area contributed by atoms with Gasteiger partial charge in [0.25, 0.3) is 0 Å². The number of aryl methyl sites for hydroxylation is 3. The summed E-state index contributed by atoms with van der Waals surface area (Å²) in [6, 6.07) is 20.7. The Morgan fingerprint density at radius 2 is 1.59 bits per heavy atom. The molecule has 2 aromatic carbocycles. The Kier molecular flexibility index (Phi) is 16.0. The first-order valence-corrected chi connectivity index (χ1v) is 14.7. The highest BCUT2D eigenvalue weighted by molar-refractivity contribution is 7.79. The zero-order valence-corrected chi connectivity index (χ0v) is 24.6. The molecule has 0 radical (unpaired) electrons. The van der Waals surface area contributed by atoms with Crippen LogP contribution < -0.4 is 5.32 Å². The molecule has 5 nitrogen and oxygen atoms in total. The molecule has 0 spiro atoms. The van der Waals surface area contributed by atoms with Gasteiger partial charge in [0.2, 0.25) is 5.91 Å². The van der Waals surface area contributed by atoms with E-state index >= 15 is 0 Å². The summed E-state index contributed by atoms with van der Waals surface area (Å²) in [6.45, 7) is 5.86. The SMILES string of the molecule is CC1=CC=CCC(C)=C1.CS.O=C(CCCCc1nncn1CCc1ccccc1)NCCc1ccccc1. The molecule has 4 rings (SSSR count). The monoisotopic (exact) mass is 544 g/mol. The van der Waals surface area contributed by atoms with Gasteiger partial charge in [-0.1, -0.05) is 96.1 Å². The highest BCUT2D eigenvalue weighted by Gasteiger charge is 2.06. The van der Waals surface area contributed by atoms with E-state index in [1.165, 1.54) is 22.3 Å². The van der Waals surface area contributed by atoms with E-state index in [1.54, 1.807) is 12.6 Å². The van der Waals surface area contributed by atoms with Gasteiger partial charge in [-0.05, 0) is 63.3 Å². The summed E-state index contributed by atoms with van der Waals surface area (Å²) in [4.78, 5) is 12.0. The third-order valence-corrected chi connectivity index (χ3v) is 6.22. The molecule has 0 unspecified atom stereocenters. The fraction of sp³-hybridized carbons (Fsp3) is 0.364. The predicted octanol–water partition coefficient (Wildman–Crippen LogP) is 6.98. The van der Waals surface area contributed by atoms with Gasteiger partial charge in [0, 0.05) is 25.9 Å². The van der Waals surface area contributed by atoms with Crippen molar-refractivity contribution in [3.05, 3.63) is 119 Å². The van der Waals surface area contributed by atoms with E-state index in [2.05, 4.69) is 107 Å². The second kappa shape index (κ2) is 19.7. The first-order chi connectivity index (χ1) is 19.1. The Balaban J connectivity index is 0.000000407. The van der Waals surface area contributed by atoms with Crippen LogP contribution in [0.15, 0.2) is 102 Å². The zero-order chi connectivity index (χ0) is 28.1. The lowest BCUT2D eigenvalue weighted by Crippen LogP contribution is -2.25. The molecule has 0 saturated carbocycles. The highest BCUT2D eigenvalue weighted by atomic mass is 32.1. The van der Waals surface area contributed by atoms with Crippen molar-refractivity contribution in [2.24, 2.45) is 0 Å². The number of carbonyl (C=O) groups is 1. The third kappa shape index (κ3) is 13.8. The van der Waals surface area contributed by atoms with Crippen LogP contribution in [0.5, 0.6) is 0 Å². The Morgan fingerprint density at radius 3 is 2.28 bits per heavy atom. The Hall–Kier alpha value is -3.38. The number of rotatable bonds is 11. The van der Waals surface area contributed by atoms with Crippen molar-refractivity contribution in [3.63, 3.8) is 0 Å². The zero-order valence-electron chi connectivity index (χ0n) is 23.7. The first kappa shape index (κ1) is 31.8. The quantitative estimate of drug-likeness (QED) is 0.202. The van der Waals surface area contributed by atoms with Crippen molar-refractivity contribution in [2.75, 3.05) is 12.8 Å². The molecule has 0 fully saturated rings. The van der Waals surface area contributed by atoms with Gasteiger partial charge >= 0.3 is 0 Å². The minimum Gasteiger partial charge on any atom is -0.356 e. The maximum Gasteiger partial charge on any atom is 0.220 e. The third-order valence-electron chi connectivity index (χ3n) is 6.22. The molecule has 3 aromatic rings. The van der Waals surface area contributed by atoms with Crippen LogP contribution in [0.25, 0.3) is 0 Å². The van der Waals surface area contributed by atoms with Gasteiger partial charge in [-0.25, -0.2) is 0 Å². The van der Waals surface area contributed by atoms with Crippen molar-refractivity contribution in [1.82, 2.24) is 20.1 Å². The van der Waals surface area contributed by atoms with Gasteiger partial charge < -0.3 is 9.88 Å². The number of benzene rings is 2. The van der Waals surface area contributed by atoms with E-state index in [1.807, 2.05) is 24.3 Å².